The van der Waals surface area contributed by atoms with Crippen LogP contribution in [0.3, 0.4) is 0 Å². The van der Waals surface area contributed by atoms with Crippen LogP contribution in [0.15, 0.2) is 78.3 Å². The lowest BCUT2D eigenvalue weighted by Gasteiger charge is -2.47. The number of amides is 3. The first-order valence-electron chi connectivity index (χ1n) is 14.2. The molecule has 0 spiro atoms. The maximum Gasteiger partial charge on any atom is 0.323 e. The van der Waals surface area contributed by atoms with E-state index in [0.29, 0.717) is 11.3 Å². The molecule has 0 aliphatic heterocycles. The highest BCUT2D eigenvalue weighted by Crippen LogP contribution is 2.50. The molecule has 0 radical (unpaired) electrons. The van der Waals surface area contributed by atoms with Crippen molar-refractivity contribution in [2.75, 3.05) is 24.7 Å². The lowest BCUT2D eigenvalue weighted by Crippen LogP contribution is -2.60. The Labute approximate surface area is 258 Å². The molecule has 8 N–H and O–H groups in total. The molecule has 4 atom stereocenters. The average molecular weight is 615 g/mol. The zero-order chi connectivity index (χ0) is 32.8. The second-order valence-corrected chi connectivity index (χ2v) is 11.7. The number of hydrogen-bond donors (Lipinski definition) is 7. The molecule has 2 aliphatic carbocycles. The minimum Gasteiger partial charge on any atom is -0.511 e. The molecule has 234 valence electrons. The Balaban J connectivity index is 1.52. The van der Waals surface area contributed by atoms with E-state index in [1.807, 2.05) is 30.3 Å². The number of phenols is 1. The Morgan fingerprint density at radius 3 is 2.38 bits per heavy atom. The third kappa shape index (κ3) is 5.38. The molecule has 0 saturated heterocycles. The van der Waals surface area contributed by atoms with Gasteiger partial charge in [-0.3, -0.25) is 19.3 Å². The number of aliphatic hydroxyl groups is 3. The van der Waals surface area contributed by atoms with Gasteiger partial charge in [0.15, 0.2) is 22.9 Å². The van der Waals surface area contributed by atoms with Crippen LogP contribution < -0.4 is 16.4 Å². The number of phenolic OH excluding ortho intramolecular Hbond substituents is 1. The summed E-state index contributed by atoms with van der Waals surface area (Å²) in [4.78, 5) is 53.4. The second kappa shape index (κ2) is 11.7. The van der Waals surface area contributed by atoms with E-state index >= 15 is 0 Å². The quantitative estimate of drug-likeness (QED) is 0.112. The number of aliphatic hydroxyl groups excluding tert-OH is 2. The number of ketones is 2. The van der Waals surface area contributed by atoms with Crippen molar-refractivity contribution in [2.24, 2.45) is 17.6 Å². The number of anilines is 2. The topological polar surface area (TPSA) is 203 Å². The number of nitrogens with two attached hydrogens (primary N) is 1. The summed E-state index contributed by atoms with van der Waals surface area (Å²) >= 11 is 0. The Morgan fingerprint density at radius 1 is 1.04 bits per heavy atom. The number of primary amides is 1. The number of rotatable bonds is 8. The molecule has 0 bridgehead atoms. The summed E-state index contributed by atoms with van der Waals surface area (Å²) in [7, 11) is 3.15. The second-order valence-electron chi connectivity index (χ2n) is 11.7. The van der Waals surface area contributed by atoms with E-state index in [1.165, 1.54) is 11.0 Å². The van der Waals surface area contributed by atoms with Crippen molar-refractivity contribution in [2.45, 2.75) is 30.9 Å². The fourth-order valence-electron chi connectivity index (χ4n) is 6.69. The number of benzene rings is 3. The summed E-state index contributed by atoms with van der Waals surface area (Å²) in [5.74, 6) is -6.96. The highest BCUT2D eigenvalue weighted by molar-refractivity contribution is 6.16. The van der Waals surface area contributed by atoms with Gasteiger partial charge in [-0.05, 0) is 55.9 Å². The highest BCUT2D eigenvalue weighted by Gasteiger charge is 2.58. The number of urea groups is 1. The van der Waals surface area contributed by atoms with Crippen LogP contribution in [-0.4, -0.2) is 74.6 Å². The van der Waals surface area contributed by atoms with Crippen molar-refractivity contribution in [3.05, 3.63) is 89.4 Å². The van der Waals surface area contributed by atoms with Crippen LogP contribution in [0.5, 0.6) is 5.75 Å². The molecule has 0 unspecified atom stereocenters. The molecule has 0 saturated carbocycles. The molecule has 2 aliphatic rings. The standard InChI is InChI=1S/C33H34N4O8/c1-16(38)28(37(2)3)21-14-19-13-18-11-12-23(36-32(44)35-22-10-6-8-17-7-4-5-9-20(17)22)29(41)26(18)30(42)27(19)31(43)33(21,45)24(39)15-25(34)40/h4-12,19,21,28,38,41,43,45H,1,13-15H2,2-3H3,(H2,34,40)(H2,35,36,44)/t19-,21-,28+,33+/m0/s1. The van der Waals surface area contributed by atoms with Gasteiger partial charge in [0.05, 0.1) is 29.4 Å². The number of hydrogen-bond acceptors (Lipinski definition) is 9. The number of carbonyl (C=O) groups excluding carboxylic acids is 4. The first kappa shape index (κ1) is 31.2. The van der Waals surface area contributed by atoms with Crippen molar-refractivity contribution in [1.82, 2.24) is 4.90 Å². The van der Waals surface area contributed by atoms with Crippen molar-refractivity contribution in [3.63, 3.8) is 0 Å². The molecule has 0 fully saturated rings. The van der Waals surface area contributed by atoms with Crippen molar-refractivity contribution < 1.29 is 39.6 Å². The van der Waals surface area contributed by atoms with Gasteiger partial charge in [0.2, 0.25) is 5.91 Å². The third-order valence-electron chi connectivity index (χ3n) is 8.63. The van der Waals surface area contributed by atoms with Crippen LogP contribution in [0.2, 0.25) is 0 Å². The van der Waals surface area contributed by atoms with E-state index < -0.39 is 70.7 Å². The zero-order valence-corrected chi connectivity index (χ0v) is 24.7. The molecular formula is C33H34N4O8. The summed E-state index contributed by atoms with van der Waals surface area (Å²) in [5, 5.41) is 51.9. The Morgan fingerprint density at radius 2 is 1.71 bits per heavy atom. The van der Waals surface area contributed by atoms with Crippen molar-refractivity contribution >= 4 is 45.7 Å². The molecule has 0 aromatic heterocycles. The van der Waals surface area contributed by atoms with E-state index in [4.69, 9.17) is 5.73 Å². The van der Waals surface area contributed by atoms with Crippen LogP contribution in [0, 0.1) is 11.8 Å². The number of aromatic hydroxyl groups is 1. The Bertz CT molecular complexity index is 1790. The van der Waals surface area contributed by atoms with Crippen LogP contribution in [0.4, 0.5) is 16.2 Å². The van der Waals surface area contributed by atoms with Gasteiger partial charge >= 0.3 is 6.03 Å². The first-order chi connectivity index (χ1) is 21.2. The van der Waals surface area contributed by atoms with Gasteiger partial charge in [-0.1, -0.05) is 49.0 Å². The smallest absolute Gasteiger partial charge is 0.323 e. The summed E-state index contributed by atoms with van der Waals surface area (Å²) in [5.41, 5.74) is 2.78. The molecule has 12 nitrogen and oxygen atoms in total. The average Bonchev–Trinajstić information content (AvgIpc) is 2.96. The minimum atomic E-state index is -2.78. The minimum absolute atomic E-state index is 0.0673. The number of likely N-dealkylation sites (N-methyl/N-ethyl adjacent to an activating group) is 1. The number of carbonyl (C=O) groups is 4. The van der Waals surface area contributed by atoms with Crippen LogP contribution in [-0.2, 0) is 16.0 Å². The summed E-state index contributed by atoms with van der Waals surface area (Å²) in [6, 6.07) is 14.1. The van der Waals surface area contributed by atoms with Gasteiger partial charge in [-0.15, -0.1) is 0 Å². The van der Waals surface area contributed by atoms with E-state index in [9.17, 15) is 39.6 Å². The van der Waals surface area contributed by atoms with Gasteiger partial charge < -0.3 is 36.8 Å². The molecule has 0 heterocycles. The lowest BCUT2D eigenvalue weighted by atomic mass is 9.61. The largest absolute Gasteiger partial charge is 0.511 e. The monoisotopic (exact) mass is 614 g/mol. The predicted octanol–water partition coefficient (Wildman–Crippen LogP) is 3.55. The fourth-order valence-corrected chi connectivity index (χ4v) is 6.69. The van der Waals surface area contributed by atoms with Gasteiger partial charge in [-0.2, -0.15) is 0 Å². The molecule has 3 aromatic carbocycles. The van der Waals surface area contributed by atoms with Crippen molar-refractivity contribution in [1.29, 1.82) is 0 Å². The van der Waals surface area contributed by atoms with E-state index in [-0.39, 0.29) is 29.7 Å². The maximum atomic E-state index is 13.9. The number of fused-ring (bicyclic) bond motifs is 3. The van der Waals surface area contributed by atoms with Crippen molar-refractivity contribution in [3.8, 4) is 5.75 Å². The zero-order valence-electron chi connectivity index (χ0n) is 24.7. The summed E-state index contributed by atoms with van der Waals surface area (Å²) in [6.45, 7) is 3.57. The van der Waals surface area contributed by atoms with Gasteiger partial charge in [0.1, 0.15) is 11.5 Å². The fraction of sp³-hybridized carbons (Fsp3) is 0.273. The number of allylic oxidation sites excluding steroid dienone is 1. The Kier molecular flexibility index (Phi) is 8.13. The maximum absolute atomic E-state index is 13.9. The van der Waals surface area contributed by atoms with E-state index in [1.54, 1.807) is 32.3 Å². The number of Topliss-reactive ketones (excluding diaryl/α,β-unsaturated/α-hetero) is 2. The normalized spacial score (nSPS) is 21.6. The van der Waals surface area contributed by atoms with Crippen LogP contribution in [0.1, 0.15) is 28.8 Å². The SMILES string of the molecule is C=C(O)[C@H]([C@@H]1C[C@@H]2Cc3ccc(NC(=O)Nc4cccc5ccccc45)c(O)c3C(=O)C2=C(O)[C@]1(O)C(=O)CC(N)=O)N(C)C. The van der Waals surface area contributed by atoms with Gasteiger partial charge in [0.25, 0.3) is 0 Å². The summed E-state index contributed by atoms with van der Waals surface area (Å²) in [6.07, 6.45) is -0.893. The molecular weight excluding hydrogens is 580 g/mol. The number of nitrogens with zero attached hydrogens (tertiary/aromatic N) is 1. The molecule has 45 heavy (non-hydrogen) atoms. The van der Waals surface area contributed by atoms with Gasteiger partial charge in [-0.25, -0.2) is 4.79 Å². The third-order valence-corrected chi connectivity index (χ3v) is 8.63. The lowest BCUT2D eigenvalue weighted by molar-refractivity contribution is -0.149. The number of nitrogens with one attached hydrogen (secondary N) is 2. The van der Waals surface area contributed by atoms with Gasteiger partial charge in [0, 0.05) is 16.9 Å². The predicted molar refractivity (Wildman–Crippen MR) is 167 cm³/mol. The van der Waals surface area contributed by atoms with E-state index in [2.05, 4.69) is 17.2 Å². The Hall–Kier alpha value is -5.20. The highest BCUT2D eigenvalue weighted by atomic mass is 16.3. The molecule has 12 heteroatoms. The van der Waals surface area contributed by atoms with E-state index in [0.717, 1.165) is 10.8 Å². The molecule has 3 amide bonds. The first-order valence-corrected chi connectivity index (χ1v) is 14.2. The molecule has 5 rings (SSSR count). The summed E-state index contributed by atoms with van der Waals surface area (Å²) < 4.78 is 0. The van der Waals surface area contributed by atoms with Crippen LogP contribution in [0.25, 0.3) is 10.8 Å². The van der Waals surface area contributed by atoms with Crippen LogP contribution >= 0.6 is 0 Å². The molecule has 3 aromatic rings.